The largest absolute Gasteiger partial charge is 0.508 e. The van der Waals surface area contributed by atoms with E-state index in [-0.39, 0.29) is 25.0 Å². The maximum Gasteiger partial charge on any atom is 0.246 e. The summed E-state index contributed by atoms with van der Waals surface area (Å²) in [4.78, 5) is 69.4. The maximum absolute atomic E-state index is 14.1. The fourth-order valence-corrected chi connectivity index (χ4v) is 5.77. The molecule has 45 heavy (non-hydrogen) atoms. The molecule has 4 atom stereocenters. The van der Waals surface area contributed by atoms with Gasteiger partial charge in [-0.2, -0.15) is 0 Å². The smallest absolute Gasteiger partial charge is 0.246 e. The fraction of sp³-hybridized carbons (Fsp3) is 0.324. The van der Waals surface area contributed by atoms with Crippen LogP contribution in [-0.2, 0) is 43.2 Å². The lowest BCUT2D eigenvalue weighted by molar-refractivity contribution is -0.142. The first-order chi connectivity index (χ1) is 21.8. The number of hydrogen-bond acceptors (Lipinski definition) is 6. The highest BCUT2D eigenvalue weighted by Gasteiger charge is 2.40. The zero-order valence-corrected chi connectivity index (χ0v) is 24.8. The number of aromatic hydroxyl groups is 1. The predicted octanol–water partition coefficient (Wildman–Crippen LogP) is 0.995. The first-order valence-electron chi connectivity index (χ1n) is 15.1. The Morgan fingerprint density at radius 3 is 1.78 bits per heavy atom. The highest BCUT2D eigenvalue weighted by molar-refractivity contribution is 5.97. The molecule has 0 radical (unpaired) electrons. The summed E-state index contributed by atoms with van der Waals surface area (Å²) in [6, 6.07) is 20.7. The Labute approximate surface area is 261 Å². The summed E-state index contributed by atoms with van der Waals surface area (Å²) in [7, 11) is 0. The molecule has 5 amide bonds. The molecule has 0 aromatic heterocycles. The Balaban J connectivity index is 1.47. The van der Waals surface area contributed by atoms with Gasteiger partial charge in [-0.25, -0.2) is 0 Å². The zero-order chi connectivity index (χ0) is 31.8. The lowest BCUT2D eigenvalue weighted by Crippen LogP contribution is -2.58. The van der Waals surface area contributed by atoms with Gasteiger partial charge >= 0.3 is 0 Å². The van der Waals surface area contributed by atoms with Crippen LogP contribution in [0.4, 0.5) is 0 Å². The number of hydrogen-bond donors (Lipinski definition) is 5. The molecule has 2 fully saturated rings. The molecule has 0 bridgehead atoms. The number of phenols is 1. The van der Waals surface area contributed by atoms with Crippen molar-refractivity contribution in [2.24, 2.45) is 0 Å². The number of rotatable bonds is 6. The lowest BCUT2D eigenvalue weighted by atomic mass is 10.0. The van der Waals surface area contributed by atoms with E-state index in [1.54, 1.807) is 12.1 Å². The van der Waals surface area contributed by atoms with Gasteiger partial charge in [-0.05, 0) is 41.7 Å². The van der Waals surface area contributed by atoms with E-state index in [4.69, 9.17) is 0 Å². The van der Waals surface area contributed by atoms with Gasteiger partial charge in [-0.1, -0.05) is 72.8 Å². The second-order valence-corrected chi connectivity index (χ2v) is 11.4. The van der Waals surface area contributed by atoms with E-state index >= 15 is 0 Å². The van der Waals surface area contributed by atoms with Crippen LogP contribution >= 0.6 is 0 Å². The van der Waals surface area contributed by atoms with Crippen molar-refractivity contribution in [3.05, 3.63) is 102 Å². The SMILES string of the molecule is O=C1CNC(=O)[C@H](Cc2ccccc2)NC(=O)[C@@H]2CCCN2C(=O)[C@H](Cc2ccc(O)cc2)NC(=O)[C@@H](Cc2ccccc2)N1. The molecule has 3 aromatic carbocycles. The fourth-order valence-electron chi connectivity index (χ4n) is 5.77. The van der Waals surface area contributed by atoms with Gasteiger partial charge in [0, 0.05) is 25.8 Å². The molecule has 5 rings (SSSR count). The molecular weight excluding hydrogens is 574 g/mol. The van der Waals surface area contributed by atoms with Crippen LogP contribution in [0.5, 0.6) is 5.75 Å². The number of carbonyl (C=O) groups is 5. The number of benzene rings is 3. The Morgan fingerprint density at radius 1 is 0.622 bits per heavy atom. The minimum absolute atomic E-state index is 0.0614. The minimum Gasteiger partial charge on any atom is -0.508 e. The van der Waals surface area contributed by atoms with Gasteiger partial charge in [0.15, 0.2) is 0 Å². The summed E-state index contributed by atoms with van der Waals surface area (Å²) < 4.78 is 0. The highest BCUT2D eigenvalue weighted by atomic mass is 16.3. The van der Waals surface area contributed by atoms with Crippen LogP contribution < -0.4 is 21.3 Å². The summed E-state index contributed by atoms with van der Waals surface area (Å²) in [5.41, 5.74) is 2.29. The first kappa shape index (κ1) is 31.2. The Morgan fingerprint density at radius 2 is 1.16 bits per heavy atom. The second kappa shape index (κ2) is 14.5. The number of fused-ring (bicyclic) bond motifs is 1. The van der Waals surface area contributed by atoms with E-state index < -0.39 is 60.2 Å². The zero-order valence-electron chi connectivity index (χ0n) is 24.8. The summed E-state index contributed by atoms with van der Waals surface area (Å²) in [5, 5.41) is 20.8. The van der Waals surface area contributed by atoms with Crippen molar-refractivity contribution in [2.45, 2.75) is 56.3 Å². The number of amides is 5. The van der Waals surface area contributed by atoms with Crippen molar-refractivity contribution in [2.75, 3.05) is 13.1 Å². The van der Waals surface area contributed by atoms with Gasteiger partial charge in [-0.15, -0.1) is 0 Å². The molecule has 2 heterocycles. The van der Waals surface area contributed by atoms with Crippen LogP contribution in [0, 0.1) is 0 Å². The van der Waals surface area contributed by atoms with Crippen molar-refractivity contribution in [3.63, 3.8) is 0 Å². The summed E-state index contributed by atoms with van der Waals surface area (Å²) in [6.45, 7) is -0.109. The van der Waals surface area contributed by atoms with Crippen LogP contribution in [0.15, 0.2) is 84.9 Å². The van der Waals surface area contributed by atoms with Crippen LogP contribution in [0.25, 0.3) is 0 Å². The van der Waals surface area contributed by atoms with Gasteiger partial charge in [0.2, 0.25) is 29.5 Å². The summed E-state index contributed by atoms with van der Waals surface area (Å²) in [6.07, 6.45) is 1.40. The Kier molecular flexibility index (Phi) is 10.1. The van der Waals surface area contributed by atoms with Crippen LogP contribution in [-0.4, -0.2) is 76.8 Å². The van der Waals surface area contributed by atoms with Crippen LogP contribution in [0.1, 0.15) is 29.5 Å². The molecule has 11 heteroatoms. The monoisotopic (exact) mass is 611 g/mol. The first-order valence-corrected chi connectivity index (χ1v) is 15.1. The lowest BCUT2D eigenvalue weighted by Gasteiger charge is -2.30. The predicted molar refractivity (Wildman–Crippen MR) is 166 cm³/mol. The van der Waals surface area contributed by atoms with Crippen molar-refractivity contribution in [1.82, 2.24) is 26.2 Å². The number of nitrogens with one attached hydrogen (secondary N) is 4. The maximum atomic E-state index is 14.1. The quantitative estimate of drug-likeness (QED) is 0.280. The number of phenolic OH excluding ortho intramolecular Hbond substituents is 1. The van der Waals surface area contributed by atoms with Crippen LogP contribution in [0.3, 0.4) is 0 Å². The number of carbonyl (C=O) groups excluding carboxylic acids is 5. The van der Waals surface area contributed by atoms with Gasteiger partial charge in [0.25, 0.3) is 0 Å². The van der Waals surface area contributed by atoms with E-state index in [9.17, 15) is 29.1 Å². The van der Waals surface area contributed by atoms with Gasteiger partial charge < -0.3 is 31.3 Å². The molecule has 0 spiro atoms. The van der Waals surface area contributed by atoms with E-state index in [1.807, 2.05) is 60.7 Å². The van der Waals surface area contributed by atoms with Gasteiger partial charge in [0.1, 0.15) is 29.9 Å². The van der Waals surface area contributed by atoms with Crippen molar-refractivity contribution >= 4 is 29.5 Å². The molecule has 5 N–H and O–H groups in total. The topological polar surface area (TPSA) is 157 Å². The second-order valence-electron chi connectivity index (χ2n) is 11.4. The molecule has 0 unspecified atom stereocenters. The van der Waals surface area contributed by atoms with Crippen molar-refractivity contribution < 1.29 is 29.1 Å². The molecule has 0 saturated carbocycles. The van der Waals surface area contributed by atoms with Crippen molar-refractivity contribution in [3.8, 4) is 5.75 Å². The molecule has 0 aliphatic carbocycles. The molecule has 3 aromatic rings. The van der Waals surface area contributed by atoms with E-state index in [0.29, 0.717) is 24.9 Å². The third kappa shape index (κ3) is 8.26. The average molecular weight is 612 g/mol. The van der Waals surface area contributed by atoms with E-state index in [1.165, 1.54) is 17.0 Å². The average Bonchev–Trinajstić information content (AvgIpc) is 3.54. The summed E-state index contributed by atoms with van der Waals surface area (Å²) >= 11 is 0. The molecule has 11 nitrogen and oxygen atoms in total. The minimum atomic E-state index is -1.06. The summed E-state index contributed by atoms with van der Waals surface area (Å²) in [5.74, 6) is -2.59. The Bertz CT molecular complexity index is 1520. The number of nitrogens with zero attached hydrogens (tertiary/aromatic N) is 1. The molecule has 2 saturated heterocycles. The van der Waals surface area contributed by atoms with Crippen molar-refractivity contribution in [1.29, 1.82) is 0 Å². The highest BCUT2D eigenvalue weighted by Crippen LogP contribution is 2.21. The third-order valence-electron chi connectivity index (χ3n) is 8.10. The molecule has 234 valence electrons. The molecular formula is C34H37N5O6. The van der Waals surface area contributed by atoms with E-state index in [0.717, 1.165) is 11.1 Å². The van der Waals surface area contributed by atoms with E-state index in [2.05, 4.69) is 21.3 Å². The normalized spacial score (nSPS) is 23.1. The van der Waals surface area contributed by atoms with Crippen LogP contribution in [0.2, 0.25) is 0 Å². The molecule has 2 aliphatic rings. The standard InChI is InChI=1S/C34H37N5O6/c40-25-15-13-24(14-16-25)20-28-34(45)39-17-7-12-29(39)33(44)37-26(18-22-8-3-1-4-9-22)31(42)35-21-30(41)36-27(32(43)38-28)19-23-10-5-2-6-11-23/h1-6,8-11,13-16,26-29,40H,7,12,17-21H2,(H,35,42)(H,36,41)(H,37,44)(H,38,43)/t26-,27+,28-,29-/m0/s1. The Hall–Kier alpha value is -5.19. The van der Waals surface area contributed by atoms with Gasteiger partial charge in [0.05, 0.1) is 6.54 Å². The molecule has 2 aliphatic heterocycles. The third-order valence-corrected chi connectivity index (χ3v) is 8.10. The van der Waals surface area contributed by atoms with Gasteiger partial charge in [-0.3, -0.25) is 24.0 Å².